The van der Waals surface area contributed by atoms with E-state index in [0.29, 0.717) is 5.57 Å². The minimum absolute atomic E-state index is 0.130. The van der Waals surface area contributed by atoms with E-state index in [-0.39, 0.29) is 11.7 Å². The Balaban J connectivity index is 2.18. The van der Waals surface area contributed by atoms with Crippen LogP contribution in [-0.4, -0.2) is 11.4 Å². The highest BCUT2D eigenvalue weighted by atomic mass is 19.1. The molecule has 1 aliphatic heterocycles. The first kappa shape index (κ1) is 12.8. The van der Waals surface area contributed by atoms with E-state index in [9.17, 15) is 9.18 Å². The number of amides is 1. The number of hydrogen-bond acceptors (Lipinski definition) is 2. The van der Waals surface area contributed by atoms with Crippen LogP contribution in [0.2, 0.25) is 0 Å². The summed E-state index contributed by atoms with van der Waals surface area (Å²) >= 11 is 0. The second-order valence-electron chi connectivity index (χ2n) is 5.47. The topological polar surface area (TPSA) is 41.1 Å². The zero-order valence-electron chi connectivity index (χ0n) is 11.3. The van der Waals surface area contributed by atoms with Crippen LogP contribution in [0.15, 0.2) is 42.0 Å². The maximum atomic E-state index is 13.3. The molecule has 1 heterocycles. The highest BCUT2D eigenvalue weighted by molar-refractivity contribution is 6.04. The molecule has 0 radical (unpaired) electrons. The molecule has 0 spiro atoms. The molecule has 102 valence electrons. The number of halogens is 1. The average molecular weight is 270 g/mol. The number of hydrazine groups is 1. The van der Waals surface area contributed by atoms with Crippen molar-refractivity contribution in [3.05, 3.63) is 53.4 Å². The van der Waals surface area contributed by atoms with Crippen molar-refractivity contribution in [1.29, 1.82) is 0 Å². The van der Waals surface area contributed by atoms with Crippen molar-refractivity contribution in [2.24, 2.45) is 0 Å². The fourth-order valence-corrected chi connectivity index (χ4v) is 2.44. The lowest BCUT2D eigenvalue weighted by molar-refractivity contribution is -0.116. The van der Waals surface area contributed by atoms with Crippen molar-refractivity contribution >= 4 is 22.8 Å². The van der Waals surface area contributed by atoms with Gasteiger partial charge < -0.3 is 0 Å². The molecule has 1 fully saturated rings. The third-order valence-corrected chi connectivity index (χ3v) is 3.58. The van der Waals surface area contributed by atoms with Crippen molar-refractivity contribution in [3.63, 3.8) is 0 Å². The monoisotopic (exact) mass is 270 g/mol. The number of nitrogens with one attached hydrogen (secondary N) is 2. The summed E-state index contributed by atoms with van der Waals surface area (Å²) in [6.07, 6.45) is 1.86. The van der Waals surface area contributed by atoms with Gasteiger partial charge in [0.2, 0.25) is 0 Å². The quantitative estimate of drug-likeness (QED) is 0.782. The molecule has 2 N–H and O–H groups in total. The Hall–Kier alpha value is -2.20. The van der Waals surface area contributed by atoms with Crippen LogP contribution in [0.1, 0.15) is 19.4 Å². The maximum Gasteiger partial charge on any atom is 0.263 e. The van der Waals surface area contributed by atoms with Gasteiger partial charge in [-0.3, -0.25) is 10.2 Å². The molecule has 0 aliphatic carbocycles. The fourth-order valence-electron chi connectivity index (χ4n) is 2.44. The van der Waals surface area contributed by atoms with Gasteiger partial charge in [0.1, 0.15) is 5.82 Å². The molecule has 0 saturated carbocycles. The second-order valence-corrected chi connectivity index (χ2v) is 5.47. The lowest BCUT2D eigenvalue weighted by Gasteiger charge is -2.17. The van der Waals surface area contributed by atoms with Crippen LogP contribution in [0.25, 0.3) is 16.8 Å². The molecule has 1 amide bonds. The Morgan fingerprint density at radius 1 is 1.20 bits per heavy atom. The molecular formula is C16H15FN2O. The molecule has 2 aromatic rings. The summed E-state index contributed by atoms with van der Waals surface area (Å²) in [5, 5.41) is 1.75. The molecule has 3 rings (SSSR count). The van der Waals surface area contributed by atoms with E-state index in [2.05, 4.69) is 10.9 Å². The number of carbonyl (C=O) groups excluding carboxylic acids is 1. The Morgan fingerprint density at radius 3 is 2.70 bits per heavy atom. The van der Waals surface area contributed by atoms with Crippen LogP contribution in [-0.2, 0) is 4.79 Å². The molecule has 0 bridgehead atoms. The largest absolute Gasteiger partial charge is 0.287 e. The summed E-state index contributed by atoms with van der Waals surface area (Å²) in [5.41, 5.74) is 6.70. The van der Waals surface area contributed by atoms with Gasteiger partial charge in [-0.2, -0.15) is 0 Å². The van der Waals surface area contributed by atoms with Crippen molar-refractivity contribution in [2.45, 2.75) is 19.4 Å². The van der Waals surface area contributed by atoms with E-state index < -0.39 is 5.54 Å². The lowest BCUT2D eigenvalue weighted by Crippen LogP contribution is -2.38. The lowest BCUT2D eigenvalue weighted by atomic mass is 9.92. The minimum atomic E-state index is -0.431. The Morgan fingerprint density at radius 2 is 2.00 bits per heavy atom. The molecule has 0 atom stereocenters. The van der Waals surface area contributed by atoms with E-state index in [0.717, 1.165) is 16.3 Å². The van der Waals surface area contributed by atoms with Gasteiger partial charge in [-0.05, 0) is 48.4 Å². The van der Waals surface area contributed by atoms with E-state index in [4.69, 9.17) is 0 Å². The normalized spacial score (nSPS) is 19.6. The first-order chi connectivity index (χ1) is 9.47. The maximum absolute atomic E-state index is 13.3. The first-order valence-corrected chi connectivity index (χ1v) is 6.45. The van der Waals surface area contributed by atoms with Gasteiger partial charge in [0.15, 0.2) is 0 Å². The van der Waals surface area contributed by atoms with Gasteiger partial charge in [-0.15, -0.1) is 0 Å². The summed E-state index contributed by atoms with van der Waals surface area (Å²) in [7, 11) is 0. The Labute approximate surface area is 116 Å². The predicted octanol–water partition coefficient (Wildman–Crippen LogP) is 2.78. The zero-order chi connectivity index (χ0) is 14.3. The SMILES string of the molecule is CC1(C)NNC(=O)/C1=C\c1cccc2cc(F)ccc12. The number of hydrogen-bond donors (Lipinski definition) is 2. The van der Waals surface area contributed by atoms with Crippen molar-refractivity contribution in [3.8, 4) is 0 Å². The Kier molecular flexibility index (Phi) is 2.83. The number of benzene rings is 2. The van der Waals surface area contributed by atoms with Gasteiger partial charge in [0.25, 0.3) is 5.91 Å². The molecule has 2 aromatic carbocycles. The smallest absolute Gasteiger partial charge is 0.263 e. The summed E-state index contributed by atoms with van der Waals surface area (Å²) in [6, 6.07) is 10.3. The van der Waals surface area contributed by atoms with Crippen LogP contribution in [0, 0.1) is 5.82 Å². The minimum Gasteiger partial charge on any atom is -0.287 e. The van der Waals surface area contributed by atoms with Crippen LogP contribution >= 0.6 is 0 Å². The highest BCUT2D eigenvalue weighted by Crippen LogP contribution is 2.27. The number of rotatable bonds is 1. The van der Waals surface area contributed by atoms with E-state index >= 15 is 0 Å². The average Bonchev–Trinajstić information content (AvgIpc) is 2.65. The van der Waals surface area contributed by atoms with E-state index in [1.807, 2.05) is 38.1 Å². The van der Waals surface area contributed by atoms with Crippen molar-refractivity contribution < 1.29 is 9.18 Å². The summed E-state index contributed by atoms with van der Waals surface area (Å²) in [4.78, 5) is 11.9. The van der Waals surface area contributed by atoms with Crippen LogP contribution < -0.4 is 10.9 Å². The standard InChI is InChI=1S/C16H15FN2O/c1-16(2)14(15(20)18-19-16)9-11-5-3-4-10-8-12(17)6-7-13(10)11/h3-9,19H,1-2H3,(H,18,20)/b14-9+. The first-order valence-electron chi connectivity index (χ1n) is 6.45. The molecule has 4 heteroatoms. The van der Waals surface area contributed by atoms with E-state index in [1.165, 1.54) is 12.1 Å². The molecular weight excluding hydrogens is 255 g/mol. The molecule has 20 heavy (non-hydrogen) atoms. The third-order valence-electron chi connectivity index (χ3n) is 3.58. The number of fused-ring (bicyclic) bond motifs is 1. The summed E-state index contributed by atoms with van der Waals surface area (Å²) < 4.78 is 13.3. The van der Waals surface area contributed by atoms with Gasteiger partial charge in [0, 0.05) is 5.57 Å². The fraction of sp³-hybridized carbons (Fsp3) is 0.188. The van der Waals surface area contributed by atoms with Gasteiger partial charge in [-0.25, -0.2) is 9.82 Å². The van der Waals surface area contributed by atoms with Crippen LogP contribution in [0.4, 0.5) is 4.39 Å². The molecule has 3 nitrogen and oxygen atoms in total. The predicted molar refractivity (Wildman–Crippen MR) is 77.2 cm³/mol. The van der Waals surface area contributed by atoms with Crippen LogP contribution in [0.5, 0.6) is 0 Å². The second kappa shape index (κ2) is 4.42. The Bertz CT molecular complexity index is 734. The number of carbonyl (C=O) groups is 1. The molecule has 0 unspecified atom stereocenters. The third kappa shape index (κ3) is 2.08. The summed E-state index contributed by atoms with van der Waals surface area (Å²) in [6.45, 7) is 3.86. The van der Waals surface area contributed by atoms with Crippen molar-refractivity contribution in [1.82, 2.24) is 10.9 Å². The van der Waals surface area contributed by atoms with Crippen LogP contribution in [0.3, 0.4) is 0 Å². The molecule has 1 aliphatic rings. The molecule has 1 saturated heterocycles. The molecule has 0 aromatic heterocycles. The highest BCUT2D eigenvalue weighted by Gasteiger charge is 2.34. The van der Waals surface area contributed by atoms with Gasteiger partial charge in [0.05, 0.1) is 5.54 Å². The van der Waals surface area contributed by atoms with Gasteiger partial charge >= 0.3 is 0 Å². The summed E-state index contributed by atoms with van der Waals surface area (Å²) in [5.74, 6) is -0.392. The zero-order valence-corrected chi connectivity index (χ0v) is 11.3. The van der Waals surface area contributed by atoms with Gasteiger partial charge in [-0.1, -0.05) is 24.3 Å². The van der Waals surface area contributed by atoms with Crippen molar-refractivity contribution in [2.75, 3.05) is 0 Å². The van der Waals surface area contributed by atoms with E-state index in [1.54, 1.807) is 6.07 Å².